The number of amides is 2. The van der Waals surface area contributed by atoms with Gasteiger partial charge in [0.05, 0.1) is 11.4 Å². The first kappa shape index (κ1) is 19.1. The van der Waals surface area contributed by atoms with Gasteiger partial charge in [0.25, 0.3) is 0 Å². The third-order valence-corrected chi connectivity index (χ3v) is 5.51. The molecule has 2 aromatic carbocycles. The molecule has 4 rings (SSSR count). The zero-order valence-corrected chi connectivity index (χ0v) is 16.7. The van der Waals surface area contributed by atoms with Crippen molar-refractivity contribution in [2.24, 2.45) is 0 Å². The molecule has 3 aromatic rings. The summed E-state index contributed by atoms with van der Waals surface area (Å²) >= 11 is 1.27. The van der Waals surface area contributed by atoms with E-state index in [0.29, 0.717) is 17.3 Å². The van der Waals surface area contributed by atoms with E-state index in [4.69, 9.17) is 0 Å². The number of rotatable bonds is 6. The van der Waals surface area contributed by atoms with Crippen LogP contribution in [0.2, 0.25) is 0 Å². The van der Waals surface area contributed by atoms with E-state index in [2.05, 4.69) is 20.8 Å². The minimum Gasteiger partial charge on any atom is -0.325 e. The second-order valence-corrected chi connectivity index (χ2v) is 7.68. The number of thioether (sulfide) groups is 1. The van der Waals surface area contributed by atoms with Crippen molar-refractivity contribution in [3.05, 3.63) is 54.1 Å². The van der Waals surface area contributed by atoms with Crippen LogP contribution in [0, 0.1) is 6.92 Å². The lowest BCUT2D eigenvalue weighted by Gasteiger charge is -2.16. The first-order chi connectivity index (χ1) is 14.1. The Morgan fingerprint density at radius 3 is 2.52 bits per heavy atom. The van der Waals surface area contributed by atoms with Crippen LogP contribution in [0.1, 0.15) is 18.4 Å². The lowest BCUT2D eigenvalue weighted by Crippen LogP contribution is -2.23. The average molecular weight is 408 g/mol. The van der Waals surface area contributed by atoms with E-state index in [-0.39, 0.29) is 17.6 Å². The Labute approximate surface area is 172 Å². The van der Waals surface area contributed by atoms with Gasteiger partial charge in [-0.2, -0.15) is 4.68 Å². The number of tetrazole rings is 1. The maximum Gasteiger partial charge on any atom is 0.234 e. The van der Waals surface area contributed by atoms with Crippen molar-refractivity contribution < 1.29 is 9.59 Å². The molecule has 29 heavy (non-hydrogen) atoms. The number of nitrogens with one attached hydrogen (secondary N) is 1. The Bertz CT molecular complexity index is 1020. The van der Waals surface area contributed by atoms with Crippen LogP contribution in [0.3, 0.4) is 0 Å². The highest BCUT2D eigenvalue weighted by Gasteiger charge is 2.21. The van der Waals surface area contributed by atoms with Crippen LogP contribution < -0.4 is 10.2 Å². The number of aryl methyl sites for hydroxylation is 1. The van der Waals surface area contributed by atoms with Crippen LogP contribution >= 0.6 is 11.8 Å². The van der Waals surface area contributed by atoms with E-state index in [0.717, 1.165) is 29.9 Å². The molecule has 1 N–H and O–H groups in total. The maximum absolute atomic E-state index is 12.3. The highest BCUT2D eigenvalue weighted by atomic mass is 32.2. The zero-order chi connectivity index (χ0) is 20.2. The first-order valence-electron chi connectivity index (χ1n) is 9.29. The first-order valence-corrected chi connectivity index (χ1v) is 10.3. The number of nitrogens with zero attached hydrogens (tertiary/aromatic N) is 5. The zero-order valence-electron chi connectivity index (χ0n) is 15.9. The smallest absolute Gasteiger partial charge is 0.234 e. The summed E-state index contributed by atoms with van der Waals surface area (Å²) < 4.78 is 1.61. The number of hydrogen-bond donors (Lipinski definition) is 1. The van der Waals surface area contributed by atoms with E-state index in [9.17, 15) is 9.59 Å². The fourth-order valence-corrected chi connectivity index (χ4v) is 3.78. The van der Waals surface area contributed by atoms with Gasteiger partial charge in [-0.05, 0) is 60.2 Å². The molecule has 1 aromatic heterocycles. The second kappa shape index (κ2) is 8.44. The van der Waals surface area contributed by atoms with Gasteiger partial charge >= 0.3 is 0 Å². The summed E-state index contributed by atoms with van der Waals surface area (Å²) in [5, 5.41) is 15.1. The van der Waals surface area contributed by atoms with E-state index in [1.807, 2.05) is 43.3 Å². The lowest BCUT2D eigenvalue weighted by molar-refractivity contribution is -0.117. The number of carbonyl (C=O) groups is 2. The third kappa shape index (κ3) is 4.45. The van der Waals surface area contributed by atoms with Gasteiger partial charge in [0.15, 0.2) is 0 Å². The number of anilines is 2. The van der Waals surface area contributed by atoms with Gasteiger partial charge in [-0.25, -0.2) is 0 Å². The van der Waals surface area contributed by atoms with Crippen LogP contribution in [0.4, 0.5) is 11.4 Å². The van der Waals surface area contributed by atoms with E-state index in [1.54, 1.807) is 21.7 Å². The second-order valence-electron chi connectivity index (χ2n) is 6.74. The molecule has 0 spiro atoms. The average Bonchev–Trinajstić information content (AvgIpc) is 3.36. The van der Waals surface area contributed by atoms with Gasteiger partial charge in [-0.1, -0.05) is 29.5 Å². The molecule has 2 amide bonds. The van der Waals surface area contributed by atoms with Gasteiger partial charge in [0, 0.05) is 24.3 Å². The van der Waals surface area contributed by atoms with Crippen molar-refractivity contribution in [2.45, 2.75) is 24.9 Å². The molecular formula is C20H20N6O2S. The highest BCUT2D eigenvalue weighted by molar-refractivity contribution is 7.99. The van der Waals surface area contributed by atoms with Crippen LogP contribution in [-0.2, 0) is 9.59 Å². The molecule has 1 saturated heterocycles. The summed E-state index contributed by atoms with van der Waals surface area (Å²) in [4.78, 5) is 25.9. The van der Waals surface area contributed by atoms with Crippen LogP contribution in [0.15, 0.2) is 53.7 Å². The molecule has 148 valence electrons. The Kier molecular flexibility index (Phi) is 5.57. The number of aromatic nitrogens is 4. The van der Waals surface area contributed by atoms with Gasteiger partial charge in [0.1, 0.15) is 0 Å². The number of benzene rings is 2. The van der Waals surface area contributed by atoms with Crippen molar-refractivity contribution in [1.29, 1.82) is 0 Å². The highest BCUT2D eigenvalue weighted by Crippen LogP contribution is 2.23. The quantitative estimate of drug-likeness (QED) is 0.631. The Morgan fingerprint density at radius 2 is 1.83 bits per heavy atom. The van der Waals surface area contributed by atoms with Crippen molar-refractivity contribution in [1.82, 2.24) is 20.2 Å². The number of carbonyl (C=O) groups excluding carboxylic acids is 2. The SMILES string of the molecule is Cc1ccc(-n2nnnc2SCC(=O)Nc2ccc(N3CCCC3=O)cc2)cc1. The molecule has 9 heteroatoms. The van der Waals surface area contributed by atoms with Gasteiger partial charge in [-0.3, -0.25) is 9.59 Å². The Balaban J connectivity index is 1.34. The minimum absolute atomic E-state index is 0.143. The summed E-state index contributed by atoms with van der Waals surface area (Å²) in [6, 6.07) is 15.1. The predicted octanol–water partition coefficient (Wildman–Crippen LogP) is 2.83. The third-order valence-electron chi connectivity index (χ3n) is 4.59. The molecular weight excluding hydrogens is 388 g/mol. The van der Waals surface area contributed by atoms with E-state index >= 15 is 0 Å². The molecule has 0 unspecified atom stereocenters. The standard InChI is InChI=1S/C20H20N6O2S/c1-14-4-8-17(9-5-14)26-20(22-23-24-26)29-13-18(27)21-15-6-10-16(11-7-15)25-12-2-3-19(25)28/h4-11H,2-3,12-13H2,1H3,(H,21,27). The summed E-state index contributed by atoms with van der Waals surface area (Å²) in [7, 11) is 0. The van der Waals surface area contributed by atoms with Crippen LogP contribution in [-0.4, -0.2) is 44.3 Å². The monoisotopic (exact) mass is 408 g/mol. The summed E-state index contributed by atoms with van der Waals surface area (Å²) in [6.07, 6.45) is 1.48. The molecule has 0 aliphatic carbocycles. The normalized spacial score (nSPS) is 13.7. The van der Waals surface area contributed by atoms with Crippen LogP contribution in [0.5, 0.6) is 0 Å². The van der Waals surface area contributed by atoms with Gasteiger partial charge in [-0.15, -0.1) is 5.10 Å². The summed E-state index contributed by atoms with van der Waals surface area (Å²) in [6.45, 7) is 2.76. The lowest BCUT2D eigenvalue weighted by atomic mass is 10.2. The minimum atomic E-state index is -0.154. The topological polar surface area (TPSA) is 93.0 Å². The fourth-order valence-electron chi connectivity index (χ4n) is 3.09. The molecule has 1 fully saturated rings. The molecule has 1 aliphatic rings. The molecule has 0 radical (unpaired) electrons. The van der Waals surface area contributed by atoms with Crippen LogP contribution in [0.25, 0.3) is 5.69 Å². The molecule has 0 saturated carbocycles. The molecule has 0 bridgehead atoms. The van der Waals surface area contributed by atoms with Gasteiger partial charge in [0.2, 0.25) is 17.0 Å². The van der Waals surface area contributed by atoms with Crippen molar-refractivity contribution in [3.8, 4) is 5.69 Å². The summed E-state index contributed by atoms with van der Waals surface area (Å²) in [5.41, 5.74) is 3.53. The molecule has 0 atom stereocenters. The van der Waals surface area contributed by atoms with Crippen molar-refractivity contribution in [2.75, 3.05) is 22.5 Å². The van der Waals surface area contributed by atoms with E-state index < -0.39 is 0 Å². The summed E-state index contributed by atoms with van der Waals surface area (Å²) in [5.74, 6) is 0.168. The molecule has 1 aliphatic heterocycles. The van der Waals surface area contributed by atoms with Crippen molar-refractivity contribution >= 4 is 35.0 Å². The number of hydrogen-bond acceptors (Lipinski definition) is 6. The largest absolute Gasteiger partial charge is 0.325 e. The Morgan fingerprint density at radius 1 is 1.10 bits per heavy atom. The fraction of sp³-hybridized carbons (Fsp3) is 0.250. The van der Waals surface area contributed by atoms with Crippen molar-refractivity contribution in [3.63, 3.8) is 0 Å². The van der Waals surface area contributed by atoms with E-state index in [1.165, 1.54) is 11.8 Å². The maximum atomic E-state index is 12.3. The molecule has 2 heterocycles. The molecule has 8 nitrogen and oxygen atoms in total. The predicted molar refractivity (Wildman–Crippen MR) is 111 cm³/mol. The van der Waals surface area contributed by atoms with Gasteiger partial charge < -0.3 is 10.2 Å². The Hall–Kier alpha value is -3.20.